The molecule has 0 unspecified atom stereocenters. The molecule has 108 valence electrons. The van der Waals surface area contributed by atoms with Crippen molar-refractivity contribution in [2.45, 2.75) is 0 Å². The highest BCUT2D eigenvalue weighted by Gasteiger charge is 2.17. The number of rotatable bonds is 3. The molecular formula is C15H15N3O3. The zero-order valence-corrected chi connectivity index (χ0v) is 11.4. The van der Waals surface area contributed by atoms with E-state index in [2.05, 4.69) is 18.2 Å². The zero-order valence-electron chi connectivity index (χ0n) is 11.4. The van der Waals surface area contributed by atoms with E-state index in [0.29, 0.717) is 20.2 Å². The molecule has 0 fully saturated rings. The highest BCUT2D eigenvalue weighted by molar-refractivity contribution is 5.72. The van der Waals surface area contributed by atoms with Crippen LogP contribution in [0.4, 0.5) is 17.1 Å². The van der Waals surface area contributed by atoms with Gasteiger partial charge in [0.1, 0.15) is 18.8 Å². The molecule has 0 radical (unpaired) electrons. The number of anilines is 3. The molecule has 0 aromatic heterocycles. The molecule has 1 aromatic carbocycles. The van der Waals surface area contributed by atoms with Crippen LogP contribution in [0.3, 0.4) is 0 Å². The Kier molecular flexibility index (Phi) is 2.85. The Morgan fingerprint density at radius 2 is 0.905 bits per heavy atom. The van der Waals surface area contributed by atoms with Gasteiger partial charge >= 0.3 is 0 Å². The second-order valence-corrected chi connectivity index (χ2v) is 4.86. The van der Waals surface area contributed by atoms with E-state index in [0.717, 1.165) is 17.1 Å². The minimum absolute atomic E-state index is 0.529. The van der Waals surface area contributed by atoms with Crippen molar-refractivity contribution in [3.8, 4) is 0 Å². The smallest absolute Gasteiger partial charge is 0.164 e. The predicted molar refractivity (Wildman–Crippen MR) is 79.2 cm³/mol. The van der Waals surface area contributed by atoms with E-state index in [9.17, 15) is 0 Å². The lowest BCUT2D eigenvalue weighted by molar-refractivity contribution is 0.281. The van der Waals surface area contributed by atoms with Gasteiger partial charge in [-0.2, -0.15) is 0 Å². The monoisotopic (exact) mass is 285 g/mol. The van der Waals surface area contributed by atoms with Gasteiger partial charge in [0.05, 0.1) is 0 Å². The normalized spacial score (nSPS) is 19.1. The van der Waals surface area contributed by atoms with Crippen LogP contribution in [0, 0.1) is 0 Å². The van der Waals surface area contributed by atoms with Crippen LogP contribution in [0.2, 0.25) is 0 Å². The minimum atomic E-state index is 0.529. The topological polar surface area (TPSA) is 37.4 Å². The summed E-state index contributed by atoms with van der Waals surface area (Å²) in [6.07, 6.45) is 10.9. The van der Waals surface area contributed by atoms with Crippen LogP contribution in [0.1, 0.15) is 0 Å². The number of hydrogen-bond acceptors (Lipinski definition) is 6. The number of ether oxygens (including phenoxy) is 3. The Hall–Kier alpha value is -2.76. The van der Waals surface area contributed by atoms with Crippen molar-refractivity contribution in [3.63, 3.8) is 0 Å². The molecule has 0 amide bonds. The average molecular weight is 285 g/mol. The van der Waals surface area contributed by atoms with Crippen molar-refractivity contribution < 1.29 is 14.2 Å². The molecule has 6 nitrogen and oxygen atoms in total. The van der Waals surface area contributed by atoms with Crippen molar-refractivity contribution in [2.24, 2.45) is 0 Å². The molecule has 0 saturated carbocycles. The van der Waals surface area contributed by atoms with Gasteiger partial charge in [-0.25, -0.2) is 0 Å². The maximum Gasteiger partial charge on any atom is 0.164 e. The third kappa shape index (κ3) is 2.24. The number of nitrogens with zero attached hydrogens (tertiary/aromatic N) is 3. The van der Waals surface area contributed by atoms with E-state index >= 15 is 0 Å². The van der Waals surface area contributed by atoms with E-state index in [1.54, 1.807) is 18.8 Å². The van der Waals surface area contributed by atoms with Crippen LogP contribution in [-0.2, 0) is 14.2 Å². The van der Waals surface area contributed by atoms with Crippen molar-refractivity contribution in [2.75, 3.05) is 34.9 Å². The third-order valence-electron chi connectivity index (χ3n) is 3.53. The molecule has 4 rings (SSSR count). The van der Waals surface area contributed by atoms with Crippen molar-refractivity contribution in [3.05, 3.63) is 55.6 Å². The molecule has 1 aromatic rings. The van der Waals surface area contributed by atoms with Crippen molar-refractivity contribution in [1.82, 2.24) is 0 Å². The molecule has 21 heavy (non-hydrogen) atoms. The lowest BCUT2D eigenvalue weighted by atomic mass is 10.2. The lowest BCUT2D eigenvalue weighted by Gasteiger charge is -2.23. The maximum absolute atomic E-state index is 5.28. The SMILES string of the molecule is C1=CN(c2cc(N3C=COC3)cc(N3C=COC3)c2)CO1. The Morgan fingerprint density at radius 3 is 1.14 bits per heavy atom. The molecule has 0 atom stereocenters. The first-order valence-corrected chi connectivity index (χ1v) is 6.70. The average Bonchev–Trinajstić information content (AvgIpc) is 3.29. The van der Waals surface area contributed by atoms with Crippen LogP contribution in [0.25, 0.3) is 0 Å². The molecule has 0 spiro atoms. The summed E-state index contributed by atoms with van der Waals surface area (Å²) in [5, 5.41) is 0. The Morgan fingerprint density at radius 1 is 0.571 bits per heavy atom. The van der Waals surface area contributed by atoms with Gasteiger partial charge in [-0.15, -0.1) is 0 Å². The summed E-state index contributed by atoms with van der Waals surface area (Å²) in [5.74, 6) is 0. The molecule has 3 aliphatic heterocycles. The molecule has 3 aliphatic rings. The molecular weight excluding hydrogens is 270 g/mol. The quantitative estimate of drug-likeness (QED) is 0.849. The van der Waals surface area contributed by atoms with E-state index in [1.807, 2.05) is 33.3 Å². The molecule has 3 heterocycles. The fourth-order valence-electron chi connectivity index (χ4n) is 2.41. The van der Waals surface area contributed by atoms with Gasteiger partial charge < -0.3 is 28.9 Å². The first-order valence-electron chi connectivity index (χ1n) is 6.70. The van der Waals surface area contributed by atoms with Crippen molar-refractivity contribution >= 4 is 17.1 Å². The Labute approximate surface area is 122 Å². The fraction of sp³-hybridized carbons (Fsp3) is 0.200. The molecule has 0 N–H and O–H groups in total. The summed E-state index contributed by atoms with van der Waals surface area (Å²) in [5.41, 5.74) is 3.20. The predicted octanol–water partition coefficient (Wildman–Crippen LogP) is 2.48. The van der Waals surface area contributed by atoms with Gasteiger partial charge in [-0.05, 0) is 18.2 Å². The molecule has 0 saturated heterocycles. The van der Waals surface area contributed by atoms with E-state index in [-0.39, 0.29) is 0 Å². The summed E-state index contributed by atoms with van der Waals surface area (Å²) < 4.78 is 15.8. The van der Waals surface area contributed by atoms with Gasteiger partial charge in [0.25, 0.3) is 0 Å². The fourth-order valence-corrected chi connectivity index (χ4v) is 2.41. The lowest BCUT2D eigenvalue weighted by Crippen LogP contribution is -2.19. The van der Waals surface area contributed by atoms with Crippen LogP contribution in [-0.4, -0.2) is 20.2 Å². The first-order chi connectivity index (χ1) is 10.4. The summed E-state index contributed by atoms with van der Waals surface area (Å²) >= 11 is 0. The Balaban J connectivity index is 1.73. The summed E-state index contributed by atoms with van der Waals surface area (Å²) in [7, 11) is 0. The standard InChI is InChI=1S/C15H15N3O3/c1-4-19-10-16(1)13-7-14(17-2-5-20-11-17)9-15(8-13)18-3-6-21-12-18/h1-9H,10-12H2. The second-order valence-electron chi connectivity index (χ2n) is 4.86. The van der Waals surface area contributed by atoms with Crippen LogP contribution in [0.5, 0.6) is 0 Å². The van der Waals surface area contributed by atoms with Crippen LogP contribution in [0.15, 0.2) is 55.6 Å². The van der Waals surface area contributed by atoms with Gasteiger partial charge in [0.15, 0.2) is 20.2 Å². The highest BCUT2D eigenvalue weighted by atomic mass is 16.5. The largest absolute Gasteiger partial charge is 0.479 e. The van der Waals surface area contributed by atoms with Gasteiger partial charge in [-0.3, -0.25) is 0 Å². The second kappa shape index (κ2) is 4.97. The first kappa shape index (κ1) is 12.0. The summed E-state index contributed by atoms with van der Waals surface area (Å²) in [6.45, 7) is 1.59. The van der Waals surface area contributed by atoms with E-state index in [4.69, 9.17) is 14.2 Å². The minimum Gasteiger partial charge on any atom is -0.479 e. The number of benzene rings is 1. The van der Waals surface area contributed by atoms with Gasteiger partial charge in [0.2, 0.25) is 0 Å². The molecule has 0 aliphatic carbocycles. The van der Waals surface area contributed by atoms with E-state index < -0.39 is 0 Å². The van der Waals surface area contributed by atoms with Gasteiger partial charge in [0, 0.05) is 35.7 Å². The van der Waals surface area contributed by atoms with Gasteiger partial charge in [-0.1, -0.05) is 0 Å². The highest BCUT2D eigenvalue weighted by Crippen LogP contribution is 2.33. The zero-order chi connectivity index (χ0) is 14.1. The summed E-state index contributed by atoms with van der Waals surface area (Å²) in [6, 6.07) is 6.34. The van der Waals surface area contributed by atoms with Crippen LogP contribution < -0.4 is 14.7 Å². The number of hydrogen-bond donors (Lipinski definition) is 0. The maximum atomic E-state index is 5.28. The molecule has 6 heteroatoms. The van der Waals surface area contributed by atoms with Crippen molar-refractivity contribution in [1.29, 1.82) is 0 Å². The third-order valence-corrected chi connectivity index (χ3v) is 3.53. The summed E-state index contributed by atoms with van der Waals surface area (Å²) in [4.78, 5) is 6.15. The van der Waals surface area contributed by atoms with Crippen LogP contribution >= 0.6 is 0 Å². The molecule has 0 bridgehead atoms. The Bertz CT molecular complexity index is 529. The van der Waals surface area contributed by atoms with E-state index in [1.165, 1.54) is 0 Å².